The molecule has 1 aromatic carbocycles. The van der Waals surface area contributed by atoms with Crippen molar-refractivity contribution < 1.29 is 0 Å². The molecule has 0 fully saturated rings. The van der Waals surface area contributed by atoms with Gasteiger partial charge in [0.05, 0.1) is 0 Å². The van der Waals surface area contributed by atoms with Gasteiger partial charge in [0.1, 0.15) is 0 Å². The van der Waals surface area contributed by atoms with E-state index in [1.807, 2.05) is 13.8 Å². The minimum atomic E-state index is -0.102. The molecule has 0 unspecified atom stereocenters. The predicted molar refractivity (Wildman–Crippen MR) is 53.1 cm³/mol. The van der Waals surface area contributed by atoms with Gasteiger partial charge in [-0.3, -0.25) is 0 Å². The molecule has 0 aliphatic heterocycles. The summed E-state index contributed by atoms with van der Waals surface area (Å²) in [5.74, 6) is 0. The van der Waals surface area contributed by atoms with Crippen molar-refractivity contribution in [2.45, 2.75) is 32.7 Å². The molecule has 1 aromatic rings. The van der Waals surface area contributed by atoms with E-state index in [0.717, 1.165) is 6.42 Å². The summed E-state index contributed by atoms with van der Waals surface area (Å²) in [6.07, 6.45) is 0.938. The largest absolute Gasteiger partial charge is 0.325 e. The molecule has 0 saturated heterocycles. The quantitative estimate of drug-likeness (QED) is 0.711. The van der Waals surface area contributed by atoms with Gasteiger partial charge in [-0.1, -0.05) is 29.8 Å². The lowest BCUT2D eigenvalue weighted by molar-refractivity contribution is 0.517. The Hall–Kier alpha value is -0.820. The molecule has 0 bridgehead atoms. The topological polar surface area (TPSA) is 26.0 Å². The number of hydrogen-bond donors (Lipinski definition) is 1. The third kappa shape index (κ3) is 3.05. The molecule has 0 aliphatic rings. The average Bonchev–Trinajstić information content (AvgIpc) is 1.91. The molecule has 1 rings (SSSR count). The molecule has 0 aliphatic carbocycles. The van der Waals surface area contributed by atoms with Crippen molar-refractivity contribution in [1.82, 2.24) is 0 Å². The summed E-state index contributed by atoms with van der Waals surface area (Å²) < 4.78 is 0. The Bertz CT molecular complexity index is 241. The van der Waals surface area contributed by atoms with Crippen LogP contribution in [0.3, 0.4) is 0 Å². The maximum absolute atomic E-state index is 5.91. The zero-order valence-electron chi connectivity index (χ0n) is 8.09. The van der Waals surface area contributed by atoms with Crippen molar-refractivity contribution in [2.24, 2.45) is 5.73 Å². The Balaban J connectivity index is 2.71. The Kier molecular flexibility index (Phi) is 2.53. The van der Waals surface area contributed by atoms with Gasteiger partial charge in [-0.2, -0.15) is 0 Å². The van der Waals surface area contributed by atoms with Gasteiger partial charge in [0.2, 0.25) is 0 Å². The average molecular weight is 163 g/mol. The lowest BCUT2D eigenvalue weighted by Crippen LogP contribution is -2.34. The lowest BCUT2D eigenvalue weighted by Gasteiger charge is -2.18. The van der Waals surface area contributed by atoms with Crippen LogP contribution in [-0.4, -0.2) is 5.54 Å². The Morgan fingerprint density at radius 2 is 1.67 bits per heavy atom. The summed E-state index contributed by atoms with van der Waals surface area (Å²) >= 11 is 0. The summed E-state index contributed by atoms with van der Waals surface area (Å²) in [7, 11) is 0. The number of rotatable bonds is 2. The summed E-state index contributed by atoms with van der Waals surface area (Å²) in [6, 6.07) is 8.54. The second-order valence-electron chi connectivity index (χ2n) is 4.15. The summed E-state index contributed by atoms with van der Waals surface area (Å²) in [5.41, 5.74) is 8.42. The first-order valence-electron chi connectivity index (χ1n) is 4.32. The van der Waals surface area contributed by atoms with E-state index in [-0.39, 0.29) is 5.54 Å². The maximum atomic E-state index is 5.91. The second kappa shape index (κ2) is 3.28. The fourth-order valence-corrected chi connectivity index (χ4v) is 1.23. The molecule has 2 N–H and O–H groups in total. The van der Waals surface area contributed by atoms with E-state index >= 15 is 0 Å². The number of nitrogens with two attached hydrogens (primary N) is 1. The molecule has 0 atom stereocenters. The molecule has 0 heterocycles. The van der Waals surface area contributed by atoms with E-state index in [0.29, 0.717) is 0 Å². The van der Waals surface area contributed by atoms with E-state index in [2.05, 4.69) is 31.2 Å². The molecular weight excluding hydrogens is 146 g/mol. The minimum Gasteiger partial charge on any atom is -0.325 e. The van der Waals surface area contributed by atoms with Gasteiger partial charge in [-0.25, -0.2) is 0 Å². The van der Waals surface area contributed by atoms with E-state index in [9.17, 15) is 0 Å². The van der Waals surface area contributed by atoms with Crippen molar-refractivity contribution in [3.63, 3.8) is 0 Å². The molecule has 0 spiro atoms. The van der Waals surface area contributed by atoms with Crippen molar-refractivity contribution >= 4 is 0 Å². The number of benzene rings is 1. The fourth-order valence-electron chi connectivity index (χ4n) is 1.23. The highest BCUT2D eigenvalue weighted by atomic mass is 14.7. The van der Waals surface area contributed by atoms with Crippen LogP contribution in [0.25, 0.3) is 0 Å². The van der Waals surface area contributed by atoms with Crippen LogP contribution in [0.2, 0.25) is 0 Å². The Morgan fingerprint density at radius 1 is 1.17 bits per heavy atom. The third-order valence-corrected chi connectivity index (χ3v) is 1.78. The summed E-state index contributed by atoms with van der Waals surface area (Å²) in [5, 5.41) is 0. The van der Waals surface area contributed by atoms with Crippen LogP contribution in [0.15, 0.2) is 24.3 Å². The Morgan fingerprint density at radius 3 is 2.08 bits per heavy atom. The molecule has 0 amide bonds. The first kappa shape index (κ1) is 9.27. The molecule has 1 heteroatoms. The standard InChI is InChI=1S/C11H17N/c1-9-4-6-10(7-5-9)8-11(2,3)12/h4-7H,8,12H2,1-3H3. The van der Waals surface area contributed by atoms with Crippen LogP contribution >= 0.6 is 0 Å². The van der Waals surface area contributed by atoms with Crippen LogP contribution in [0.5, 0.6) is 0 Å². The first-order valence-corrected chi connectivity index (χ1v) is 4.32. The normalized spacial score (nSPS) is 11.7. The zero-order valence-corrected chi connectivity index (χ0v) is 8.09. The molecule has 12 heavy (non-hydrogen) atoms. The Labute approximate surface area is 74.6 Å². The second-order valence-corrected chi connectivity index (χ2v) is 4.15. The fraction of sp³-hybridized carbons (Fsp3) is 0.455. The molecule has 1 nitrogen and oxygen atoms in total. The van der Waals surface area contributed by atoms with Crippen LogP contribution in [-0.2, 0) is 6.42 Å². The highest BCUT2D eigenvalue weighted by molar-refractivity contribution is 5.22. The highest BCUT2D eigenvalue weighted by Crippen LogP contribution is 2.10. The zero-order chi connectivity index (χ0) is 9.19. The van der Waals surface area contributed by atoms with Gasteiger partial charge in [0.15, 0.2) is 0 Å². The molecule has 0 aromatic heterocycles. The molecule has 0 saturated carbocycles. The van der Waals surface area contributed by atoms with Crippen LogP contribution in [0, 0.1) is 6.92 Å². The van der Waals surface area contributed by atoms with Crippen molar-refractivity contribution in [3.8, 4) is 0 Å². The first-order chi connectivity index (χ1) is 5.47. The monoisotopic (exact) mass is 163 g/mol. The molecular formula is C11H17N. The van der Waals surface area contributed by atoms with Crippen molar-refractivity contribution in [3.05, 3.63) is 35.4 Å². The van der Waals surface area contributed by atoms with Gasteiger partial charge < -0.3 is 5.73 Å². The van der Waals surface area contributed by atoms with Crippen LogP contribution in [0.1, 0.15) is 25.0 Å². The third-order valence-electron chi connectivity index (χ3n) is 1.78. The number of hydrogen-bond acceptors (Lipinski definition) is 1. The van der Waals surface area contributed by atoms with Crippen LogP contribution in [0.4, 0.5) is 0 Å². The van der Waals surface area contributed by atoms with Crippen LogP contribution < -0.4 is 5.73 Å². The van der Waals surface area contributed by atoms with Gasteiger partial charge in [-0.15, -0.1) is 0 Å². The molecule has 0 radical (unpaired) electrons. The SMILES string of the molecule is Cc1ccc(CC(C)(C)N)cc1. The van der Waals surface area contributed by atoms with Crippen molar-refractivity contribution in [1.29, 1.82) is 0 Å². The van der Waals surface area contributed by atoms with Gasteiger partial charge in [-0.05, 0) is 32.8 Å². The van der Waals surface area contributed by atoms with E-state index in [1.54, 1.807) is 0 Å². The smallest absolute Gasteiger partial charge is 0.0138 e. The van der Waals surface area contributed by atoms with Crippen molar-refractivity contribution in [2.75, 3.05) is 0 Å². The van der Waals surface area contributed by atoms with E-state index < -0.39 is 0 Å². The lowest BCUT2D eigenvalue weighted by atomic mass is 9.96. The van der Waals surface area contributed by atoms with Gasteiger partial charge in [0, 0.05) is 5.54 Å². The number of aryl methyl sites for hydroxylation is 1. The van der Waals surface area contributed by atoms with Gasteiger partial charge in [0.25, 0.3) is 0 Å². The minimum absolute atomic E-state index is 0.102. The van der Waals surface area contributed by atoms with E-state index in [4.69, 9.17) is 5.73 Å². The molecule has 66 valence electrons. The summed E-state index contributed by atoms with van der Waals surface area (Å²) in [6.45, 7) is 6.19. The summed E-state index contributed by atoms with van der Waals surface area (Å²) in [4.78, 5) is 0. The van der Waals surface area contributed by atoms with E-state index in [1.165, 1.54) is 11.1 Å². The maximum Gasteiger partial charge on any atom is 0.0138 e. The van der Waals surface area contributed by atoms with Gasteiger partial charge >= 0.3 is 0 Å². The highest BCUT2D eigenvalue weighted by Gasteiger charge is 2.10. The predicted octanol–water partition coefficient (Wildman–Crippen LogP) is 2.27.